The van der Waals surface area contributed by atoms with Crippen molar-refractivity contribution in [3.8, 4) is 11.5 Å². The van der Waals surface area contributed by atoms with Crippen LogP contribution in [0.4, 0.5) is 8.78 Å². The summed E-state index contributed by atoms with van der Waals surface area (Å²) in [6, 6.07) is 4.57. The van der Waals surface area contributed by atoms with Gasteiger partial charge in [-0.25, -0.2) is 0 Å². The summed E-state index contributed by atoms with van der Waals surface area (Å²) in [7, 11) is 3.09. The van der Waals surface area contributed by atoms with E-state index in [2.05, 4.69) is 4.74 Å². The predicted octanol–water partition coefficient (Wildman–Crippen LogP) is 2.56. The molecule has 5 nitrogen and oxygen atoms in total. The van der Waals surface area contributed by atoms with Gasteiger partial charge in [0.15, 0.2) is 11.5 Å². The van der Waals surface area contributed by atoms with Gasteiger partial charge in [0.25, 0.3) is 0 Å². The maximum absolute atomic E-state index is 12.3. The van der Waals surface area contributed by atoms with E-state index in [1.54, 1.807) is 24.1 Å². The molecule has 23 heavy (non-hydrogen) atoms. The van der Waals surface area contributed by atoms with Gasteiger partial charge in [-0.1, -0.05) is 6.07 Å². The zero-order valence-electron chi connectivity index (χ0n) is 13.0. The van der Waals surface area contributed by atoms with Gasteiger partial charge >= 0.3 is 6.61 Å². The van der Waals surface area contributed by atoms with Gasteiger partial charge in [0.1, 0.15) is 0 Å². The number of alkyl halides is 2. The molecular formula is C16H19F2NO4. The summed E-state index contributed by atoms with van der Waals surface area (Å²) in [6.45, 7) is -1.72. The fourth-order valence-corrected chi connectivity index (χ4v) is 2.27. The van der Waals surface area contributed by atoms with E-state index in [1.807, 2.05) is 0 Å². The third-order valence-electron chi connectivity index (χ3n) is 3.62. The van der Waals surface area contributed by atoms with Crippen molar-refractivity contribution >= 4 is 12.0 Å². The molecule has 0 radical (unpaired) electrons. The van der Waals surface area contributed by atoms with Crippen LogP contribution in [-0.2, 0) is 9.53 Å². The largest absolute Gasteiger partial charge is 0.493 e. The van der Waals surface area contributed by atoms with E-state index in [9.17, 15) is 13.6 Å². The highest BCUT2D eigenvalue weighted by Crippen LogP contribution is 2.29. The van der Waals surface area contributed by atoms with Crippen molar-refractivity contribution in [2.24, 2.45) is 0 Å². The fourth-order valence-electron chi connectivity index (χ4n) is 2.27. The molecule has 0 saturated carbocycles. The number of methoxy groups -OCH3 is 1. The Morgan fingerprint density at radius 3 is 2.83 bits per heavy atom. The number of likely N-dealkylation sites (N-methyl/N-ethyl adjacent to an activating group) is 1. The first-order valence-corrected chi connectivity index (χ1v) is 7.16. The molecule has 7 heteroatoms. The van der Waals surface area contributed by atoms with Crippen LogP contribution in [0.1, 0.15) is 12.0 Å². The Kier molecular flexibility index (Phi) is 5.92. The Hall–Kier alpha value is -2.15. The number of amides is 1. The zero-order chi connectivity index (χ0) is 16.8. The molecule has 1 atom stereocenters. The minimum atomic E-state index is -2.92. The minimum absolute atomic E-state index is 0.0498. The quantitative estimate of drug-likeness (QED) is 0.754. The number of rotatable bonds is 6. The highest BCUT2D eigenvalue weighted by Gasteiger charge is 2.22. The molecule has 1 fully saturated rings. The first-order chi connectivity index (χ1) is 11.0. The van der Waals surface area contributed by atoms with Gasteiger partial charge in [0.2, 0.25) is 5.91 Å². The number of ether oxygens (including phenoxy) is 3. The van der Waals surface area contributed by atoms with E-state index in [-0.39, 0.29) is 23.4 Å². The van der Waals surface area contributed by atoms with E-state index >= 15 is 0 Å². The normalized spacial score (nSPS) is 17.7. The van der Waals surface area contributed by atoms with Crippen molar-refractivity contribution in [2.75, 3.05) is 27.4 Å². The summed E-state index contributed by atoms with van der Waals surface area (Å²) >= 11 is 0. The molecule has 1 aliphatic heterocycles. The number of halogens is 2. The summed E-state index contributed by atoms with van der Waals surface area (Å²) < 4.78 is 39.2. The van der Waals surface area contributed by atoms with Gasteiger partial charge < -0.3 is 19.1 Å². The Labute approximate surface area is 133 Å². The number of benzene rings is 1. The molecule has 0 N–H and O–H groups in total. The molecule has 1 aromatic carbocycles. The van der Waals surface area contributed by atoms with Crippen LogP contribution in [0.3, 0.4) is 0 Å². The standard InChI is InChI=1S/C16H19F2NO4/c1-19(12-7-8-22-10-12)15(20)6-4-11-3-5-13(23-16(17)18)14(9-11)21-2/h3-6,9,12,16H,7-8,10H2,1-2H3/b6-4-/t12-/m0/s1. The summed E-state index contributed by atoms with van der Waals surface area (Å²) in [6.07, 6.45) is 3.85. The lowest BCUT2D eigenvalue weighted by Crippen LogP contribution is -2.36. The number of carbonyl (C=O) groups is 1. The molecule has 0 aliphatic carbocycles. The van der Waals surface area contributed by atoms with Crippen LogP contribution in [0.5, 0.6) is 11.5 Å². The van der Waals surface area contributed by atoms with Crippen LogP contribution < -0.4 is 9.47 Å². The average molecular weight is 327 g/mol. The second-order valence-corrected chi connectivity index (χ2v) is 5.09. The zero-order valence-corrected chi connectivity index (χ0v) is 13.0. The lowest BCUT2D eigenvalue weighted by molar-refractivity contribution is -0.126. The van der Waals surface area contributed by atoms with Crippen molar-refractivity contribution in [1.29, 1.82) is 0 Å². The molecule has 1 saturated heterocycles. The third-order valence-corrected chi connectivity index (χ3v) is 3.62. The molecule has 2 rings (SSSR count). The number of carbonyl (C=O) groups excluding carboxylic acids is 1. The molecule has 1 heterocycles. The van der Waals surface area contributed by atoms with E-state index < -0.39 is 6.61 Å². The maximum Gasteiger partial charge on any atom is 0.387 e. The summed E-state index contributed by atoms with van der Waals surface area (Å²) in [5.41, 5.74) is 0.646. The lowest BCUT2D eigenvalue weighted by Gasteiger charge is -2.21. The average Bonchev–Trinajstić information content (AvgIpc) is 3.06. The number of hydrogen-bond acceptors (Lipinski definition) is 4. The molecular weight excluding hydrogens is 308 g/mol. The first-order valence-electron chi connectivity index (χ1n) is 7.16. The van der Waals surface area contributed by atoms with Crippen LogP contribution in [0, 0.1) is 0 Å². The molecule has 0 unspecified atom stereocenters. The Morgan fingerprint density at radius 1 is 1.43 bits per heavy atom. The van der Waals surface area contributed by atoms with Crippen LogP contribution in [0.25, 0.3) is 6.08 Å². The maximum atomic E-state index is 12.3. The van der Waals surface area contributed by atoms with Crippen LogP contribution >= 0.6 is 0 Å². The first kappa shape index (κ1) is 17.2. The minimum Gasteiger partial charge on any atom is -0.493 e. The molecule has 0 aromatic heterocycles. The monoisotopic (exact) mass is 327 g/mol. The Bertz CT molecular complexity index is 571. The van der Waals surface area contributed by atoms with Crippen molar-refractivity contribution in [3.05, 3.63) is 29.8 Å². The van der Waals surface area contributed by atoms with E-state index in [0.717, 1.165) is 6.42 Å². The van der Waals surface area contributed by atoms with Gasteiger partial charge in [-0.2, -0.15) is 8.78 Å². The summed E-state index contributed by atoms with van der Waals surface area (Å²) in [5.74, 6) is -0.0176. The van der Waals surface area contributed by atoms with Gasteiger partial charge in [-0.15, -0.1) is 0 Å². The van der Waals surface area contributed by atoms with Gasteiger partial charge in [0.05, 0.1) is 19.8 Å². The molecule has 0 bridgehead atoms. The number of hydrogen-bond donors (Lipinski definition) is 0. The van der Waals surface area contributed by atoms with Gasteiger partial charge in [0, 0.05) is 19.7 Å². The van der Waals surface area contributed by atoms with Crippen molar-refractivity contribution in [3.63, 3.8) is 0 Å². The summed E-state index contributed by atoms with van der Waals surface area (Å²) in [5, 5.41) is 0. The Balaban J connectivity index is 2.05. The van der Waals surface area contributed by atoms with E-state index in [4.69, 9.17) is 9.47 Å². The predicted molar refractivity (Wildman–Crippen MR) is 80.7 cm³/mol. The SMILES string of the molecule is COc1cc(/C=C\C(=O)N(C)[C@H]2CCOC2)ccc1OC(F)F. The van der Waals surface area contributed by atoms with Gasteiger partial charge in [-0.3, -0.25) is 4.79 Å². The fraction of sp³-hybridized carbons (Fsp3) is 0.438. The van der Waals surface area contributed by atoms with Crippen molar-refractivity contribution in [2.45, 2.75) is 19.1 Å². The lowest BCUT2D eigenvalue weighted by atomic mass is 10.1. The molecule has 1 aliphatic rings. The number of nitrogens with zero attached hydrogens (tertiary/aromatic N) is 1. The van der Waals surface area contributed by atoms with Crippen molar-refractivity contribution in [1.82, 2.24) is 4.90 Å². The van der Waals surface area contributed by atoms with Crippen molar-refractivity contribution < 1.29 is 27.8 Å². The van der Waals surface area contributed by atoms with Gasteiger partial charge in [-0.05, 0) is 30.2 Å². The smallest absolute Gasteiger partial charge is 0.387 e. The van der Waals surface area contributed by atoms with E-state index in [0.29, 0.717) is 18.8 Å². The van der Waals surface area contributed by atoms with Crippen LogP contribution in [-0.4, -0.2) is 50.8 Å². The molecule has 0 spiro atoms. The highest BCUT2D eigenvalue weighted by molar-refractivity contribution is 5.91. The highest BCUT2D eigenvalue weighted by atomic mass is 19.3. The second kappa shape index (κ2) is 7.92. The third kappa shape index (κ3) is 4.66. The molecule has 126 valence electrons. The van der Waals surface area contributed by atoms with E-state index in [1.165, 1.54) is 25.3 Å². The Morgan fingerprint density at radius 2 is 2.22 bits per heavy atom. The van der Waals surface area contributed by atoms with Crippen LogP contribution in [0.2, 0.25) is 0 Å². The van der Waals surface area contributed by atoms with Crippen LogP contribution in [0.15, 0.2) is 24.3 Å². The second-order valence-electron chi connectivity index (χ2n) is 5.09. The molecule has 1 amide bonds. The molecule has 1 aromatic rings. The topological polar surface area (TPSA) is 48.0 Å². The summed E-state index contributed by atoms with van der Waals surface area (Å²) in [4.78, 5) is 13.7.